The first-order valence-electron chi connectivity index (χ1n) is 6.44. The molecule has 0 heterocycles. The molecule has 2 aromatic rings. The first kappa shape index (κ1) is 12.5. The molecule has 3 rings (SSSR count). The highest BCUT2D eigenvalue weighted by molar-refractivity contribution is 6.19. The standard InChI is InChI=1S/C17H15NO2/c1-18(19)17-11-15(12-6-4-3-5-7-12)14-9-8-13(20-2)10-16(14)17/h3-11H,1-2H3. The third kappa shape index (κ3) is 1.97. The minimum absolute atomic E-state index is 0.665. The van der Waals surface area contributed by atoms with Crippen molar-refractivity contribution in [3.63, 3.8) is 0 Å². The molecule has 2 aromatic carbocycles. The van der Waals surface area contributed by atoms with E-state index in [-0.39, 0.29) is 0 Å². The minimum Gasteiger partial charge on any atom is -0.624 e. The molecule has 0 bridgehead atoms. The van der Waals surface area contributed by atoms with Crippen LogP contribution >= 0.6 is 0 Å². The second kappa shape index (κ2) is 4.85. The number of methoxy groups -OCH3 is 1. The van der Waals surface area contributed by atoms with Gasteiger partial charge in [-0.2, -0.15) is 0 Å². The fourth-order valence-corrected chi connectivity index (χ4v) is 2.51. The van der Waals surface area contributed by atoms with Gasteiger partial charge in [0.15, 0.2) is 0 Å². The lowest BCUT2D eigenvalue weighted by Gasteiger charge is -2.07. The highest BCUT2D eigenvalue weighted by Gasteiger charge is 2.25. The number of benzene rings is 2. The van der Waals surface area contributed by atoms with Gasteiger partial charge in [0.2, 0.25) is 5.71 Å². The Balaban J connectivity index is 2.21. The quantitative estimate of drug-likeness (QED) is 0.475. The zero-order valence-electron chi connectivity index (χ0n) is 11.5. The molecule has 3 nitrogen and oxygen atoms in total. The predicted octanol–water partition coefficient (Wildman–Crippen LogP) is 3.07. The molecule has 1 aliphatic rings. The van der Waals surface area contributed by atoms with Crippen LogP contribution in [-0.4, -0.2) is 24.6 Å². The fraction of sp³-hybridized carbons (Fsp3) is 0.118. The van der Waals surface area contributed by atoms with Crippen LogP contribution < -0.4 is 4.74 Å². The van der Waals surface area contributed by atoms with Gasteiger partial charge in [0, 0.05) is 6.08 Å². The van der Waals surface area contributed by atoms with Crippen molar-refractivity contribution in [1.29, 1.82) is 0 Å². The summed E-state index contributed by atoms with van der Waals surface area (Å²) in [5.41, 5.74) is 4.82. The maximum atomic E-state index is 11.8. The van der Waals surface area contributed by atoms with E-state index in [0.29, 0.717) is 5.71 Å². The lowest BCUT2D eigenvalue weighted by molar-refractivity contribution is -0.421. The Bertz CT molecular complexity index is 711. The van der Waals surface area contributed by atoms with E-state index in [1.165, 1.54) is 7.05 Å². The molecule has 0 spiro atoms. The monoisotopic (exact) mass is 265 g/mol. The van der Waals surface area contributed by atoms with E-state index in [9.17, 15) is 5.21 Å². The summed E-state index contributed by atoms with van der Waals surface area (Å²) < 4.78 is 6.15. The SMILES string of the molecule is COc1ccc2c(c1)C(=[N+](C)[O-])C=C2c1ccccc1. The summed E-state index contributed by atoms with van der Waals surface area (Å²) in [6, 6.07) is 15.9. The maximum Gasteiger partial charge on any atom is 0.219 e. The molecule has 3 heteroatoms. The van der Waals surface area contributed by atoms with Gasteiger partial charge in [-0.15, -0.1) is 0 Å². The van der Waals surface area contributed by atoms with Crippen LogP contribution in [0.2, 0.25) is 0 Å². The number of fused-ring (bicyclic) bond motifs is 1. The number of hydrogen-bond acceptors (Lipinski definition) is 2. The molecule has 0 aromatic heterocycles. The topological polar surface area (TPSA) is 35.3 Å². The number of hydrogen-bond donors (Lipinski definition) is 0. The summed E-state index contributed by atoms with van der Waals surface area (Å²) in [6.45, 7) is 0. The average molecular weight is 265 g/mol. The van der Waals surface area contributed by atoms with E-state index in [1.807, 2.05) is 54.6 Å². The van der Waals surface area contributed by atoms with Crippen molar-refractivity contribution in [2.45, 2.75) is 0 Å². The van der Waals surface area contributed by atoms with Crippen molar-refractivity contribution >= 4 is 11.3 Å². The van der Waals surface area contributed by atoms with Gasteiger partial charge in [0.05, 0.1) is 12.7 Å². The first-order chi connectivity index (χ1) is 9.70. The third-order valence-corrected chi connectivity index (χ3v) is 3.50. The zero-order chi connectivity index (χ0) is 14.1. The summed E-state index contributed by atoms with van der Waals surface area (Å²) in [7, 11) is 3.14. The number of hydroxylamine groups is 1. The van der Waals surface area contributed by atoms with Crippen molar-refractivity contribution in [2.24, 2.45) is 0 Å². The Morgan fingerprint density at radius 3 is 2.40 bits per heavy atom. The van der Waals surface area contributed by atoms with E-state index in [2.05, 4.69) is 0 Å². The smallest absolute Gasteiger partial charge is 0.219 e. The number of ether oxygens (including phenoxy) is 1. The third-order valence-electron chi connectivity index (χ3n) is 3.50. The van der Waals surface area contributed by atoms with Gasteiger partial charge in [0.1, 0.15) is 12.8 Å². The van der Waals surface area contributed by atoms with E-state index in [4.69, 9.17) is 4.74 Å². The Labute approximate surface area is 118 Å². The molecule has 0 saturated heterocycles. The molecule has 0 radical (unpaired) electrons. The predicted molar refractivity (Wildman–Crippen MR) is 80.2 cm³/mol. The summed E-state index contributed by atoms with van der Waals surface area (Å²) in [4.78, 5) is 0. The minimum atomic E-state index is 0.665. The van der Waals surface area contributed by atoms with Crippen LogP contribution in [0.1, 0.15) is 16.7 Å². The molecule has 20 heavy (non-hydrogen) atoms. The summed E-state index contributed by atoms with van der Waals surface area (Å²) in [6.07, 6.45) is 1.94. The van der Waals surface area contributed by atoms with Crippen LogP contribution in [0.15, 0.2) is 54.6 Å². The van der Waals surface area contributed by atoms with Gasteiger partial charge < -0.3 is 9.94 Å². The molecule has 100 valence electrons. The Hall–Kier alpha value is -2.55. The summed E-state index contributed by atoms with van der Waals surface area (Å²) in [5, 5.41) is 11.8. The number of nitrogens with zero attached hydrogens (tertiary/aromatic N) is 1. The number of rotatable bonds is 2. The summed E-state index contributed by atoms with van der Waals surface area (Å²) >= 11 is 0. The van der Waals surface area contributed by atoms with Crippen molar-refractivity contribution < 1.29 is 9.48 Å². The highest BCUT2D eigenvalue weighted by atomic mass is 16.5. The van der Waals surface area contributed by atoms with Gasteiger partial charge in [-0.05, 0) is 34.9 Å². The van der Waals surface area contributed by atoms with Crippen LogP contribution in [0, 0.1) is 5.21 Å². The van der Waals surface area contributed by atoms with Crippen LogP contribution in [0.5, 0.6) is 5.75 Å². The van der Waals surface area contributed by atoms with Gasteiger partial charge in [-0.25, -0.2) is 4.74 Å². The van der Waals surface area contributed by atoms with Crippen LogP contribution in [-0.2, 0) is 0 Å². The van der Waals surface area contributed by atoms with E-state index in [1.54, 1.807) is 7.11 Å². The lowest BCUT2D eigenvalue weighted by atomic mass is 9.99. The second-order valence-corrected chi connectivity index (χ2v) is 4.72. The molecule has 0 atom stereocenters. The molecule has 0 aliphatic heterocycles. The van der Waals surface area contributed by atoms with Gasteiger partial charge in [0.25, 0.3) is 0 Å². The van der Waals surface area contributed by atoms with Crippen LogP contribution in [0.3, 0.4) is 0 Å². The molecule has 0 saturated carbocycles. The second-order valence-electron chi connectivity index (χ2n) is 4.72. The molecular weight excluding hydrogens is 250 g/mol. The van der Waals surface area contributed by atoms with Gasteiger partial charge >= 0.3 is 0 Å². The molecule has 0 fully saturated rings. The summed E-state index contributed by atoms with van der Waals surface area (Å²) in [5.74, 6) is 0.755. The van der Waals surface area contributed by atoms with Gasteiger partial charge in [-0.1, -0.05) is 30.3 Å². The lowest BCUT2D eigenvalue weighted by Crippen LogP contribution is -2.08. The van der Waals surface area contributed by atoms with Crippen molar-refractivity contribution in [3.05, 3.63) is 76.5 Å². The maximum absolute atomic E-state index is 11.8. The van der Waals surface area contributed by atoms with Crippen LogP contribution in [0.25, 0.3) is 5.57 Å². The Morgan fingerprint density at radius 2 is 1.75 bits per heavy atom. The Kier molecular flexibility index (Phi) is 3.03. The molecule has 0 unspecified atom stereocenters. The molecular formula is C17H15NO2. The molecule has 0 amide bonds. The normalized spacial score (nSPS) is 15.6. The molecule has 1 aliphatic carbocycles. The van der Waals surface area contributed by atoms with E-state index >= 15 is 0 Å². The van der Waals surface area contributed by atoms with Crippen LogP contribution in [0.4, 0.5) is 0 Å². The zero-order valence-corrected chi connectivity index (χ0v) is 11.5. The van der Waals surface area contributed by atoms with E-state index < -0.39 is 0 Å². The van der Waals surface area contributed by atoms with E-state index in [0.717, 1.165) is 32.8 Å². The number of allylic oxidation sites excluding steroid dienone is 1. The van der Waals surface area contributed by atoms with Crippen molar-refractivity contribution in [2.75, 3.05) is 14.2 Å². The fourth-order valence-electron chi connectivity index (χ4n) is 2.51. The van der Waals surface area contributed by atoms with Gasteiger partial charge in [-0.3, -0.25) is 0 Å². The Morgan fingerprint density at radius 1 is 1.00 bits per heavy atom. The first-order valence-corrected chi connectivity index (χ1v) is 6.44. The average Bonchev–Trinajstić information content (AvgIpc) is 2.87. The van der Waals surface area contributed by atoms with Crippen molar-refractivity contribution in [3.8, 4) is 5.75 Å². The molecule has 0 N–H and O–H groups in total. The largest absolute Gasteiger partial charge is 0.624 e. The highest BCUT2D eigenvalue weighted by Crippen LogP contribution is 2.34. The van der Waals surface area contributed by atoms with Crippen molar-refractivity contribution in [1.82, 2.24) is 0 Å².